The van der Waals surface area contributed by atoms with Crippen LogP contribution in [0.5, 0.6) is 11.5 Å². The number of benzene rings is 2. The highest BCUT2D eigenvalue weighted by molar-refractivity contribution is 7.17. The number of nitrogens with one attached hydrogen (secondary N) is 1. The first-order valence-corrected chi connectivity index (χ1v) is 12.2. The monoisotopic (exact) mass is 477 g/mol. The van der Waals surface area contributed by atoms with Crippen LogP contribution in [0.2, 0.25) is 0 Å². The molecule has 0 radical (unpaired) electrons. The van der Waals surface area contributed by atoms with Gasteiger partial charge in [-0.25, -0.2) is 4.98 Å². The zero-order chi connectivity index (χ0) is 23.5. The standard InChI is InChI=1S/C26H27N3O4S/c1-32-22-10-6-5-9-20(22)21-16-34-26-24(21)25(31)27-23(28-26)14-29(17-11-12-17)13-18(30)15-33-19-7-3-2-4-8-19/h2-10,16-18,30H,11-15H2,1H3,(H,27,28,31)/t18-/m0/s1. The lowest BCUT2D eigenvalue weighted by atomic mass is 10.1. The van der Waals surface area contributed by atoms with Gasteiger partial charge >= 0.3 is 0 Å². The summed E-state index contributed by atoms with van der Waals surface area (Å²) in [5, 5.41) is 13.1. The highest BCUT2D eigenvalue weighted by Crippen LogP contribution is 2.36. The van der Waals surface area contributed by atoms with Crippen molar-refractivity contribution in [2.45, 2.75) is 31.5 Å². The maximum Gasteiger partial charge on any atom is 0.260 e. The number of aromatic amines is 1. The molecule has 0 amide bonds. The SMILES string of the molecule is COc1ccccc1-c1csc2nc(CN(C[C@H](O)COc3ccccc3)C3CC3)[nH]c(=O)c12. The maximum absolute atomic E-state index is 13.1. The van der Waals surface area contributed by atoms with Gasteiger partial charge in [0.15, 0.2) is 0 Å². The molecule has 34 heavy (non-hydrogen) atoms. The highest BCUT2D eigenvalue weighted by atomic mass is 32.1. The Balaban J connectivity index is 1.33. The minimum atomic E-state index is -0.643. The number of aromatic nitrogens is 2. The van der Waals surface area contributed by atoms with E-state index in [0.29, 0.717) is 35.2 Å². The van der Waals surface area contributed by atoms with Crippen LogP contribution in [-0.2, 0) is 6.54 Å². The number of rotatable bonds is 10. The molecule has 1 atom stereocenters. The third-order valence-electron chi connectivity index (χ3n) is 5.94. The van der Waals surface area contributed by atoms with E-state index in [1.165, 1.54) is 11.3 Å². The van der Waals surface area contributed by atoms with Crippen molar-refractivity contribution in [3.63, 3.8) is 0 Å². The number of hydrogen-bond donors (Lipinski definition) is 2. The predicted octanol–water partition coefficient (Wildman–Crippen LogP) is 4.06. The van der Waals surface area contributed by atoms with Crippen molar-refractivity contribution in [3.05, 3.63) is 76.2 Å². The average Bonchev–Trinajstić information content (AvgIpc) is 3.62. The fourth-order valence-electron chi connectivity index (χ4n) is 4.14. The van der Waals surface area contributed by atoms with Crippen LogP contribution in [0, 0.1) is 0 Å². The number of nitrogens with zero attached hydrogens (tertiary/aromatic N) is 2. The Kier molecular flexibility index (Phi) is 6.62. The molecule has 2 aromatic heterocycles. The van der Waals surface area contributed by atoms with E-state index >= 15 is 0 Å². The second-order valence-electron chi connectivity index (χ2n) is 8.48. The Labute approximate surface area is 201 Å². The molecular formula is C26H27N3O4S. The molecule has 1 aliphatic rings. The van der Waals surface area contributed by atoms with Gasteiger partial charge < -0.3 is 19.6 Å². The van der Waals surface area contributed by atoms with Crippen molar-refractivity contribution in [2.24, 2.45) is 0 Å². The summed E-state index contributed by atoms with van der Waals surface area (Å²) in [5.74, 6) is 2.06. The summed E-state index contributed by atoms with van der Waals surface area (Å²) in [7, 11) is 1.62. The van der Waals surface area contributed by atoms with Crippen molar-refractivity contribution < 1.29 is 14.6 Å². The molecule has 2 N–H and O–H groups in total. The van der Waals surface area contributed by atoms with Crippen LogP contribution in [0.1, 0.15) is 18.7 Å². The summed E-state index contributed by atoms with van der Waals surface area (Å²) in [6.45, 7) is 1.14. The van der Waals surface area contributed by atoms with Gasteiger partial charge in [-0.3, -0.25) is 9.69 Å². The number of para-hydroxylation sites is 2. The smallest absolute Gasteiger partial charge is 0.260 e. The van der Waals surface area contributed by atoms with Crippen molar-refractivity contribution in [1.82, 2.24) is 14.9 Å². The molecule has 5 rings (SSSR count). The molecule has 2 heterocycles. The lowest BCUT2D eigenvalue weighted by Gasteiger charge is -2.24. The number of aliphatic hydroxyl groups excluding tert-OH is 1. The first-order valence-electron chi connectivity index (χ1n) is 11.4. The summed E-state index contributed by atoms with van der Waals surface area (Å²) in [6.07, 6.45) is 1.51. The Hall–Kier alpha value is -3.20. The Bertz CT molecular complexity index is 1320. The predicted molar refractivity (Wildman–Crippen MR) is 134 cm³/mol. The van der Waals surface area contributed by atoms with Gasteiger partial charge in [-0.2, -0.15) is 0 Å². The molecule has 2 aromatic carbocycles. The topological polar surface area (TPSA) is 87.7 Å². The van der Waals surface area contributed by atoms with Gasteiger partial charge in [0.2, 0.25) is 0 Å². The van der Waals surface area contributed by atoms with E-state index in [9.17, 15) is 9.90 Å². The van der Waals surface area contributed by atoms with Crippen LogP contribution in [0.3, 0.4) is 0 Å². The van der Waals surface area contributed by atoms with Gasteiger partial charge in [0.1, 0.15) is 34.9 Å². The summed E-state index contributed by atoms with van der Waals surface area (Å²) in [6, 6.07) is 17.5. The van der Waals surface area contributed by atoms with Gasteiger partial charge in [0, 0.05) is 29.1 Å². The molecule has 1 aliphatic carbocycles. The molecule has 8 heteroatoms. The minimum absolute atomic E-state index is 0.161. The fourth-order valence-corrected chi connectivity index (χ4v) is 5.10. The second kappa shape index (κ2) is 9.97. The largest absolute Gasteiger partial charge is 0.496 e. The van der Waals surface area contributed by atoms with Crippen molar-refractivity contribution in [2.75, 3.05) is 20.3 Å². The second-order valence-corrected chi connectivity index (χ2v) is 9.34. The number of thiophene rings is 1. The van der Waals surface area contributed by atoms with Gasteiger partial charge in [0.25, 0.3) is 5.56 Å². The normalized spacial score (nSPS) is 14.4. The van der Waals surface area contributed by atoms with E-state index in [0.717, 1.165) is 35.5 Å². The molecule has 1 saturated carbocycles. The third-order valence-corrected chi connectivity index (χ3v) is 6.81. The highest BCUT2D eigenvalue weighted by Gasteiger charge is 2.31. The first kappa shape index (κ1) is 22.6. The van der Waals surface area contributed by atoms with Gasteiger partial charge in [-0.15, -0.1) is 11.3 Å². The van der Waals surface area contributed by atoms with Crippen LogP contribution >= 0.6 is 11.3 Å². The first-order chi connectivity index (χ1) is 16.6. The van der Waals surface area contributed by atoms with Crippen LogP contribution in [-0.4, -0.2) is 52.4 Å². The van der Waals surface area contributed by atoms with E-state index in [4.69, 9.17) is 14.5 Å². The van der Waals surface area contributed by atoms with Crippen molar-refractivity contribution >= 4 is 21.6 Å². The van der Waals surface area contributed by atoms with Gasteiger partial charge in [-0.05, 0) is 31.0 Å². The summed E-state index contributed by atoms with van der Waals surface area (Å²) in [5.41, 5.74) is 1.54. The summed E-state index contributed by atoms with van der Waals surface area (Å²) < 4.78 is 11.2. The zero-order valence-electron chi connectivity index (χ0n) is 18.9. The van der Waals surface area contributed by atoms with Crippen LogP contribution < -0.4 is 15.0 Å². The van der Waals surface area contributed by atoms with Crippen molar-refractivity contribution in [1.29, 1.82) is 0 Å². The number of methoxy groups -OCH3 is 1. The molecule has 7 nitrogen and oxygen atoms in total. The molecule has 0 unspecified atom stereocenters. The Morgan fingerprint density at radius 1 is 1.15 bits per heavy atom. The van der Waals surface area contributed by atoms with Gasteiger partial charge in [-0.1, -0.05) is 36.4 Å². The van der Waals surface area contributed by atoms with Crippen LogP contribution in [0.15, 0.2) is 64.8 Å². The van der Waals surface area contributed by atoms with E-state index in [2.05, 4.69) is 9.88 Å². The molecule has 0 spiro atoms. The van der Waals surface area contributed by atoms with E-state index in [-0.39, 0.29) is 12.2 Å². The molecule has 0 aliphatic heterocycles. The number of ether oxygens (including phenoxy) is 2. The van der Waals surface area contributed by atoms with Crippen LogP contribution in [0.4, 0.5) is 0 Å². The number of H-pyrrole nitrogens is 1. The number of aliphatic hydroxyl groups is 1. The third kappa shape index (κ3) is 4.99. The van der Waals surface area contributed by atoms with Crippen molar-refractivity contribution in [3.8, 4) is 22.6 Å². The molecular weight excluding hydrogens is 450 g/mol. The maximum atomic E-state index is 13.1. The lowest BCUT2D eigenvalue weighted by molar-refractivity contribution is 0.0617. The number of fused-ring (bicyclic) bond motifs is 1. The minimum Gasteiger partial charge on any atom is -0.496 e. The quantitative estimate of drug-likeness (QED) is 0.358. The molecule has 1 fully saturated rings. The molecule has 0 bridgehead atoms. The zero-order valence-corrected chi connectivity index (χ0v) is 19.8. The summed E-state index contributed by atoms with van der Waals surface area (Å²) in [4.78, 5) is 23.7. The lowest BCUT2D eigenvalue weighted by Crippen LogP contribution is -2.37. The van der Waals surface area contributed by atoms with Crippen LogP contribution in [0.25, 0.3) is 21.3 Å². The molecule has 176 valence electrons. The average molecular weight is 478 g/mol. The Morgan fingerprint density at radius 3 is 2.68 bits per heavy atom. The molecule has 0 saturated heterocycles. The molecule has 4 aromatic rings. The summed E-state index contributed by atoms with van der Waals surface area (Å²) >= 11 is 1.45. The van der Waals surface area contributed by atoms with E-state index in [1.54, 1.807) is 7.11 Å². The number of hydrogen-bond acceptors (Lipinski definition) is 7. The fraction of sp³-hybridized carbons (Fsp3) is 0.308. The Morgan fingerprint density at radius 2 is 1.91 bits per heavy atom. The van der Waals surface area contributed by atoms with E-state index in [1.807, 2.05) is 60.0 Å². The van der Waals surface area contributed by atoms with E-state index < -0.39 is 6.10 Å². The van der Waals surface area contributed by atoms with Gasteiger partial charge in [0.05, 0.1) is 19.0 Å².